The van der Waals surface area contributed by atoms with E-state index in [0.717, 1.165) is 0 Å². The van der Waals surface area contributed by atoms with Crippen molar-refractivity contribution in [3.8, 4) is 17.4 Å². The topological polar surface area (TPSA) is 73.9 Å². The van der Waals surface area contributed by atoms with Gasteiger partial charge in [-0.3, -0.25) is 0 Å². The lowest BCUT2D eigenvalue weighted by molar-refractivity contribution is 0.503. The minimum atomic E-state index is -3.79. The molecule has 0 saturated heterocycles. The first-order valence-corrected chi connectivity index (χ1v) is 5.00. The molecule has 0 aliphatic heterocycles. The molecule has 0 spiro atoms. The van der Waals surface area contributed by atoms with Gasteiger partial charge < -0.3 is 4.52 Å². The van der Waals surface area contributed by atoms with Gasteiger partial charge >= 0.3 is 7.37 Å². The normalized spacial score (nSPS) is 9.69. The van der Waals surface area contributed by atoms with Crippen LogP contribution >= 0.6 is 7.37 Å². The standard InChI is InChI=1S/C8H5N2O2P/c9-6-13(11,7-10)12-8-4-2-1-3-5-8/h1-5H. The summed E-state index contributed by atoms with van der Waals surface area (Å²) in [6.07, 6.45) is 0. The second kappa shape index (κ2) is 3.76. The maximum Gasteiger partial charge on any atom is 0.443 e. The Morgan fingerprint density at radius 1 is 1.15 bits per heavy atom. The highest BCUT2D eigenvalue weighted by atomic mass is 31.2. The summed E-state index contributed by atoms with van der Waals surface area (Å²) in [5.74, 6) is 2.96. The van der Waals surface area contributed by atoms with Crippen LogP contribution < -0.4 is 4.52 Å². The molecule has 0 aliphatic rings. The molecule has 0 aliphatic carbocycles. The van der Waals surface area contributed by atoms with Gasteiger partial charge in [-0.2, -0.15) is 10.5 Å². The fourth-order valence-electron chi connectivity index (χ4n) is 0.693. The molecule has 0 saturated carbocycles. The lowest BCUT2D eigenvalue weighted by Gasteiger charge is -2.03. The largest absolute Gasteiger partial charge is 0.443 e. The zero-order valence-electron chi connectivity index (χ0n) is 6.54. The Hall–Kier alpha value is -1.77. The van der Waals surface area contributed by atoms with E-state index >= 15 is 0 Å². The van der Waals surface area contributed by atoms with E-state index in [1.54, 1.807) is 18.2 Å². The Kier molecular flexibility index (Phi) is 2.69. The zero-order chi connectivity index (χ0) is 9.73. The Morgan fingerprint density at radius 3 is 2.15 bits per heavy atom. The molecule has 0 radical (unpaired) electrons. The number of hydrogen-bond donors (Lipinski definition) is 0. The number of benzene rings is 1. The molecule has 4 nitrogen and oxygen atoms in total. The fraction of sp³-hybridized carbons (Fsp3) is 0. The van der Waals surface area contributed by atoms with Crippen LogP contribution in [0.2, 0.25) is 0 Å². The van der Waals surface area contributed by atoms with Crippen LogP contribution in [0.25, 0.3) is 0 Å². The quantitative estimate of drug-likeness (QED) is 0.673. The number of nitrogens with zero attached hydrogens (tertiary/aromatic N) is 2. The zero-order valence-corrected chi connectivity index (χ0v) is 7.44. The van der Waals surface area contributed by atoms with Crippen molar-refractivity contribution in [2.24, 2.45) is 0 Å². The van der Waals surface area contributed by atoms with Gasteiger partial charge in [0, 0.05) is 0 Å². The summed E-state index contributed by atoms with van der Waals surface area (Å²) >= 11 is 0. The molecule has 13 heavy (non-hydrogen) atoms. The van der Waals surface area contributed by atoms with Crippen LogP contribution in [0.4, 0.5) is 0 Å². The van der Waals surface area contributed by atoms with Gasteiger partial charge in [-0.15, -0.1) is 0 Å². The Balaban J connectivity index is 2.90. The van der Waals surface area contributed by atoms with E-state index in [1.165, 1.54) is 23.8 Å². The monoisotopic (exact) mass is 192 g/mol. The van der Waals surface area contributed by atoms with E-state index in [0.29, 0.717) is 0 Å². The molecule has 1 aromatic rings. The van der Waals surface area contributed by atoms with Gasteiger partial charge in [-0.05, 0) is 12.1 Å². The van der Waals surface area contributed by atoms with Crippen molar-refractivity contribution < 1.29 is 9.09 Å². The highest BCUT2D eigenvalue weighted by molar-refractivity contribution is 7.69. The van der Waals surface area contributed by atoms with Gasteiger partial charge in [0.1, 0.15) is 5.75 Å². The third kappa shape index (κ3) is 2.33. The van der Waals surface area contributed by atoms with E-state index < -0.39 is 7.37 Å². The second-order valence-electron chi connectivity index (χ2n) is 2.16. The van der Waals surface area contributed by atoms with E-state index in [1.807, 2.05) is 0 Å². The van der Waals surface area contributed by atoms with Gasteiger partial charge in [0.15, 0.2) is 11.6 Å². The highest BCUT2D eigenvalue weighted by Gasteiger charge is 2.23. The summed E-state index contributed by atoms with van der Waals surface area (Å²) in [6.45, 7) is 0. The summed E-state index contributed by atoms with van der Waals surface area (Å²) in [6, 6.07) is 8.13. The Labute approximate surface area is 75.4 Å². The molecule has 0 unspecified atom stereocenters. The predicted molar refractivity (Wildman–Crippen MR) is 45.9 cm³/mol. The smallest absolute Gasteiger partial charge is 0.424 e. The third-order valence-electron chi connectivity index (χ3n) is 1.24. The maximum absolute atomic E-state index is 11.2. The van der Waals surface area contributed by atoms with Gasteiger partial charge in [0.05, 0.1) is 0 Å². The summed E-state index contributed by atoms with van der Waals surface area (Å²) in [5.41, 5.74) is 0. The van der Waals surface area contributed by atoms with Crippen molar-refractivity contribution in [2.75, 3.05) is 0 Å². The van der Waals surface area contributed by atoms with Crippen LogP contribution in [0.15, 0.2) is 30.3 Å². The van der Waals surface area contributed by atoms with E-state index in [-0.39, 0.29) is 5.75 Å². The van der Waals surface area contributed by atoms with Crippen LogP contribution in [-0.2, 0) is 4.57 Å². The fourth-order valence-corrected chi connectivity index (χ4v) is 1.24. The first kappa shape index (κ1) is 9.32. The van der Waals surface area contributed by atoms with Crippen LogP contribution in [0.5, 0.6) is 5.75 Å². The molecule has 0 N–H and O–H groups in total. The summed E-state index contributed by atoms with van der Waals surface area (Å²) in [5, 5.41) is 16.8. The number of hydrogen-bond acceptors (Lipinski definition) is 4. The van der Waals surface area contributed by atoms with Gasteiger partial charge in [0.25, 0.3) is 0 Å². The third-order valence-corrected chi connectivity index (χ3v) is 2.23. The lowest BCUT2D eigenvalue weighted by atomic mass is 10.3. The molecular formula is C8H5N2O2P. The SMILES string of the molecule is N#CP(=O)(C#N)Oc1ccccc1. The summed E-state index contributed by atoms with van der Waals surface area (Å²) in [4.78, 5) is 0. The first-order valence-electron chi connectivity index (χ1n) is 3.37. The Bertz CT molecular complexity index is 398. The van der Waals surface area contributed by atoms with E-state index in [2.05, 4.69) is 0 Å². The molecule has 64 valence electrons. The van der Waals surface area contributed by atoms with E-state index in [4.69, 9.17) is 15.0 Å². The number of rotatable bonds is 2. The lowest BCUT2D eigenvalue weighted by Crippen LogP contribution is -1.86. The van der Waals surface area contributed by atoms with Crippen LogP contribution in [-0.4, -0.2) is 0 Å². The Morgan fingerprint density at radius 2 is 1.69 bits per heavy atom. The molecule has 0 bridgehead atoms. The van der Waals surface area contributed by atoms with Crippen molar-refractivity contribution in [1.82, 2.24) is 0 Å². The molecule has 1 rings (SSSR count). The molecule has 5 heteroatoms. The molecule has 0 amide bonds. The van der Waals surface area contributed by atoms with Crippen molar-refractivity contribution >= 4 is 7.37 Å². The highest BCUT2D eigenvalue weighted by Crippen LogP contribution is 2.43. The summed E-state index contributed by atoms with van der Waals surface area (Å²) in [7, 11) is -3.79. The molecule has 0 fully saturated rings. The van der Waals surface area contributed by atoms with Crippen molar-refractivity contribution in [2.45, 2.75) is 0 Å². The van der Waals surface area contributed by atoms with Crippen molar-refractivity contribution in [3.05, 3.63) is 30.3 Å². The average molecular weight is 192 g/mol. The first-order chi connectivity index (χ1) is 6.20. The summed E-state index contributed by atoms with van der Waals surface area (Å²) < 4.78 is 15.9. The molecule has 0 heterocycles. The van der Waals surface area contributed by atoms with Crippen molar-refractivity contribution in [3.63, 3.8) is 0 Å². The van der Waals surface area contributed by atoms with E-state index in [9.17, 15) is 4.57 Å². The van der Waals surface area contributed by atoms with Crippen molar-refractivity contribution in [1.29, 1.82) is 10.5 Å². The van der Waals surface area contributed by atoms with Crippen LogP contribution in [0, 0.1) is 22.1 Å². The molecular weight excluding hydrogens is 187 g/mol. The van der Waals surface area contributed by atoms with Crippen LogP contribution in [0.3, 0.4) is 0 Å². The van der Waals surface area contributed by atoms with Gasteiger partial charge in [-0.25, -0.2) is 4.57 Å². The van der Waals surface area contributed by atoms with Crippen LogP contribution in [0.1, 0.15) is 0 Å². The molecule has 1 aromatic carbocycles. The predicted octanol–water partition coefficient (Wildman–Crippen LogP) is 2.31. The maximum atomic E-state index is 11.2. The van der Waals surface area contributed by atoms with Gasteiger partial charge in [-0.1, -0.05) is 18.2 Å². The molecule has 0 atom stereocenters. The van der Waals surface area contributed by atoms with Gasteiger partial charge in [0.2, 0.25) is 0 Å². The minimum Gasteiger partial charge on any atom is -0.424 e. The molecule has 0 aromatic heterocycles. The minimum absolute atomic E-state index is 0.258. The average Bonchev–Trinajstić information content (AvgIpc) is 2.19. The number of para-hydroxylation sites is 1. The second-order valence-corrected chi connectivity index (χ2v) is 3.84. The number of nitriles is 2.